The first-order chi connectivity index (χ1) is 17.4. The van der Waals surface area contributed by atoms with Gasteiger partial charge in [-0.1, -0.05) is 25.1 Å². The lowest BCUT2D eigenvalue weighted by molar-refractivity contribution is -0.132. The second-order valence-corrected chi connectivity index (χ2v) is 11.6. The fourth-order valence-corrected chi connectivity index (χ4v) is 6.50. The number of likely N-dealkylation sites (tertiary alicyclic amines) is 1. The van der Waals surface area contributed by atoms with Crippen molar-refractivity contribution in [3.05, 3.63) is 59.3 Å². The molecule has 1 aliphatic heterocycles. The maximum absolute atomic E-state index is 12.8. The maximum Gasteiger partial charge on any atom is 0.236 e. The molecule has 1 N–H and O–H groups in total. The van der Waals surface area contributed by atoms with E-state index in [1.807, 2.05) is 31.0 Å². The molecule has 1 aromatic heterocycles. The summed E-state index contributed by atoms with van der Waals surface area (Å²) in [4.78, 5) is 20.8. The van der Waals surface area contributed by atoms with Gasteiger partial charge < -0.3 is 15.0 Å². The number of hydrogen-bond acceptors (Lipinski definition) is 5. The van der Waals surface area contributed by atoms with Gasteiger partial charge >= 0.3 is 0 Å². The largest absolute Gasteiger partial charge is 0.491 e. The second kappa shape index (κ2) is 10.7. The Morgan fingerprint density at radius 2 is 2.11 bits per heavy atom. The topological polar surface area (TPSA) is 54.5 Å². The van der Waals surface area contributed by atoms with Crippen molar-refractivity contribution in [2.24, 2.45) is 5.92 Å². The smallest absolute Gasteiger partial charge is 0.236 e. The number of aromatic nitrogens is 1. The van der Waals surface area contributed by atoms with Crippen LogP contribution in [-0.2, 0) is 11.2 Å². The van der Waals surface area contributed by atoms with Gasteiger partial charge in [0.15, 0.2) is 0 Å². The van der Waals surface area contributed by atoms with Gasteiger partial charge in [0.2, 0.25) is 5.91 Å². The molecule has 2 unspecified atom stereocenters. The third-order valence-corrected chi connectivity index (χ3v) is 8.42. The van der Waals surface area contributed by atoms with E-state index in [1.54, 1.807) is 11.3 Å². The second-order valence-electron chi connectivity index (χ2n) is 10.6. The van der Waals surface area contributed by atoms with Crippen molar-refractivity contribution in [3.63, 3.8) is 0 Å². The average Bonchev–Trinajstić information content (AvgIpc) is 3.51. The van der Waals surface area contributed by atoms with Crippen molar-refractivity contribution in [1.82, 2.24) is 15.2 Å². The number of benzene rings is 2. The lowest BCUT2D eigenvalue weighted by Gasteiger charge is -2.31. The molecule has 190 valence electrons. The average molecular weight is 504 g/mol. The first kappa shape index (κ1) is 25.0. The first-order valence-corrected chi connectivity index (χ1v) is 14.1. The molecule has 1 aliphatic carbocycles. The van der Waals surface area contributed by atoms with Crippen LogP contribution in [0.5, 0.6) is 5.75 Å². The Hall–Kier alpha value is -2.70. The fourth-order valence-electron chi connectivity index (χ4n) is 5.54. The van der Waals surface area contributed by atoms with Crippen molar-refractivity contribution in [2.45, 2.75) is 65.5 Å². The van der Waals surface area contributed by atoms with Gasteiger partial charge in [-0.15, -0.1) is 11.3 Å². The summed E-state index contributed by atoms with van der Waals surface area (Å²) in [5.41, 5.74) is 6.24. The van der Waals surface area contributed by atoms with Crippen molar-refractivity contribution >= 4 is 17.2 Å². The van der Waals surface area contributed by atoms with Gasteiger partial charge in [-0.2, -0.15) is 0 Å². The quantitative estimate of drug-likeness (QED) is 0.405. The van der Waals surface area contributed by atoms with Gasteiger partial charge in [-0.05, 0) is 92.8 Å². The van der Waals surface area contributed by atoms with Crippen LogP contribution in [0.1, 0.15) is 62.8 Å². The first-order valence-electron chi connectivity index (χ1n) is 13.3. The summed E-state index contributed by atoms with van der Waals surface area (Å²) in [5.74, 6) is 1.77. The van der Waals surface area contributed by atoms with Crippen LogP contribution in [0.25, 0.3) is 21.0 Å². The normalized spacial score (nSPS) is 19.5. The number of nitrogens with one attached hydrogen (secondary N) is 1. The van der Waals surface area contributed by atoms with Crippen LogP contribution < -0.4 is 10.1 Å². The Kier molecular flexibility index (Phi) is 7.44. The van der Waals surface area contributed by atoms with Crippen LogP contribution in [-0.4, -0.2) is 41.5 Å². The van der Waals surface area contributed by atoms with Gasteiger partial charge in [0.25, 0.3) is 0 Å². The highest BCUT2D eigenvalue weighted by Gasteiger charge is 2.27. The Balaban J connectivity index is 1.29. The number of carbonyl (C=O) groups excluding carboxylic acids is 1. The van der Waals surface area contributed by atoms with Gasteiger partial charge in [0, 0.05) is 30.9 Å². The molecule has 5 nitrogen and oxygen atoms in total. The molecule has 2 atom stereocenters. The highest BCUT2D eigenvalue weighted by atomic mass is 32.1. The number of ether oxygens (including phenoxy) is 1. The molecule has 1 fully saturated rings. The zero-order valence-electron chi connectivity index (χ0n) is 21.8. The minimum absolute atomic E-state index is 0.158. The van der Waals surface area contributed by atoms with E-state index >= 15 is 0 Å². The number of rotatable bonds is 7. The Morgan fingerprint density at radius 3 is 2.89 bits per heavy atom. The molecule has 1 saturated heterocycles. The van der Waals surface area contributed by atoms with Crippen LogP contribution in [0.4, 0.5) is 0 Å². The number of aryl methyl sites for hydroxylation is 1. The summed E-state index contributed by atoms with van der Waals surface area (Å²) in [5, 5.41) is 4.59. The highest BCUT2D eigenvalue weighted by molar-refractivity contribution is 7.18. The number of hydrogen-bond donors (Lipinski definition) is 1. The number of piperidine rings is 1. The van der Waals surface area contributed by atoms with E-state index in [0.717, 1.165) is 54.2 Å². The van der Waals surface area contributed by atoms with E-state index in [0.29, 0.717) is 12.5 Å². The van der Waals surface area contributed by atoms with Crippen LogP contribution in [0.3, 0.4) is 0 Å². The summed E-state index contributed by atoms with van der Waals surface area (Å²) in [6.45, 7) is 10.6. The predicted molar refractivity (Wildman–Crippen MR) is 148 cm³/mol. The van der Waals surface area contributed by atoms with Gasteiger partial charge in [0.1, 0.15) is 10.8 Å². The molecule has 0 bridgehead atoms. The number of nitrogens with zero attached hydrogens (tertiary/aromatic N) is 2. The molecule has 0 radical (unpaired) electrons. The molecule has 2 aromatic carbocycles. The molecule has 2 heterocycles. The van der Waals surface area contributed by atoms with Crippen molar-refractivity contribution in [1.29, 1.82) is 0 Å². The fraction of sp³-hybridized carbons (Fsp3) is 0.467. The molecule has 6 heteroatoms. The van der Waals surface area contributed by atoms with E-state index in [-0.39, 0.29) is 18.1 Å². The molecular formula is C30H37N3O2S. The lowest BCUT2D eigenvalue weighted by Crippen LogP contribution is -2.43. The predicted octanol–water partition coefficient (Wildman–Crippen LogP) is 6.41. The number of thiazole rings is 1. The summed E-state index contributed by atoms with van der Waals surface area (Å²) in [6.07, 6.45) is 6.56. The van der Waals surface area contributed by atoms with E-state index in [9.17, 15) is 4.79 Å². The molecule has 2 aliphatic rings. The van der Waals surface area contributed by atoms with E-state index in [2.05, 4.69) is 49.5 Å². The molecule has 0 spiro atoms. The number of amides is 1. The molecule has 36 heavy (non-hydrogen) atoms. The minimum Gasteiger partial charge on any atom is -0.491 e. The van der Waals surface area contributed by atoms with E-state index in [4.69, 9.17) is 9.72 Å². The van der Waals surface area contributed by atoms with Crippen LogP contribution in [0.15, 0.2) is 42.6 Å². The molecule has 3 aromatic rings. The summed E-state index contributed by atoms with van der Waals surface area (Å²) in [7, 11) is 0. The summed E-state index contributed by atoms with van der Waals surface area (Å²) >= 11 is 1.74. The van der Waals surface area contributed by atoms with Gasteiger partial charge in [-0.25, -0.2) is 4.98 Å². The maximum atomic E-state index is 12.8. The molecule has 5 rings (SSSR count). The SMILES string of the molecule is Cc1cc(-c2ncc(-c3cccc4c3CCC4NCC(=O)N3CCCC(C)C3)s2)ccc1OC(C)C. The molecule has 0 saturated carbocycles. The van der Waals surface area contributed by atoms with Gasteiger partial charge in [-0.3, -0.25) is 4.79 Å². The number of fused-ring (bicyclic) bond motifs is 1. The lowest BCUT2D eigenvalue weighted by atomic mass is 10.00. The van der Waals surface area contributed by atoms with Crippen LogP contribution in [0.2, 0.25) is 0 Å². The van der Waals surface area contributed by atoms with E-state index < -0.39 is 0 Å². The van der Waals surface area contributed by atoms with Crippen molar-refractivity contribution in [2.75, 3.05) is 19.6 Å². The highest BCUT2D eigenvalue weighted by Crippen LogP contribution is 2.41. The van der Waals surface area contributed by atoms with Crippen LogP contribution in [0, 0.1) is 12.8 Å². The Morgan fingerprint density at radius 1 is 1.25 bits per heavy atom. The Bertz CT molecular complexity index is 1230. The zero-order chi connectivity index (χ0) is 25.2. The van der Waals surface area contributed by atoms with Crippen LogP contribution >= 0.6 is 11.3 Å². The monoisotopic (exact) mass is 503 g/mol. The Labute approximate surface area is 218 Å². The minimum atomic E-state index is 0.158. The van der Waals surface area contributed by atoms with E-state index in [1.165, 1.54) is 28.0 Å². The van der Waals surface area contributed by atoms with Crippen molar-refractivity contribution in [3.8, 4) is 26.8 Å². The zero-order valence-corrected chi connectivity index (χ0v) is 22.7. The third kappa shape index (κ3) is 5.35. The summed E-state index contributed by atoms with van der Waals surface area (Å²) in [6, 6.07) is 13.1. The summed E-state index contributed by atoms with van der Waals surface area (Å²) < 4.78 is 5.90. The third-order valence-electron chi connectivity index (χ3n) is 7.34. The van der Waals surface area contributed by atoms with Crippen molar-refractivity contribution < 1.29 is 9.53 Å². The standard InChI is InChI=1S/C30H37N3O2S/c1-19(2)35-27-13-10-22(15-21(27)4)30-32-16-28(36-30)25-9-5-8-24-23(25)11-12-26(24)31-17-29(34)33-14-6-7-20(3)18-33/h5,8-10,13,15-16,19-20,26,31H,6-7,11-12,14,17-18H2,1-4H3. The molecular weight excluding hydrogens is 466 g/mol. The van der Waals surface area contributed by atoms with Gasteiger partial charge in [0.05, 0.1) is 17.5 Å². The molecule has 1 amide bonds. The number of carbonyl (C=O) groups is 1.